The van der Waals surface area contributed by atoms with Crippen LogP contribution in [0.3, 0.4) is 0 Å². The number of nitrogens with one attached hydrogen (secondary N) is 1. The molecule has 4 fully saturated rings. The van der Waals surface area contributed by atoms with E-state index >= 15 is 8.78 Å². The van der Waals surface area contributed by atoms with Gasteiger partial charge in [0, 0.05) is 41.8 Å². The fraction of sp³-hybridized carbons (Fsp3) is 0.476. The normalized spacial score (nSPS) is 22.9. The van der Waals surface area contributed by atoms with Crippen molar-refractivity contribution >= 4 is 44.3 Å². The van der Waals surface area contributed by atoms with Crippen LogP contribution in [0.25, 0.3) is 16.6 Å². The summed E-state index contributed by atoms with van der Waals surface area (Å²) in [5.74, 6) is -1.49. The summed E-state index contributed by atoms with van der Waals surface area (Å²) >= 11 is 3.59. The predicted octanol–water partition coefficient (Wildman–Crippen LogP) is 7.46. The molecule has 53 heavy (non-hydrogen) atoms. The number of hydrogen-bond acceptors (Lipinski definition) is 6. The van der Waals surface area contributed by atoms with Gasteiger partial charge in [0.1, 0.15) is 17.5 Å². The molecule has 4 aliphatic heterocycles. The first kappa shape index (κ1) is 34.8. The van der Waals surface area contributed by atoms with Gasteiger partial charge in [0.05, 0.1) is 27.9 Å². The number of fused-ring (bicyclic) bond motifs is 5. The van der Waals surface area contributed by atoms with E-state index in [-0.39, 0.29) is 29.4 Å². The third-order valence-corrected chi connectivity index (χ3v) is 13.9. The maximum Gasteiger partial charge on any atom is 0.281 e. The van der Waals surface area contributed by atoms with Gasteiger partial charge >= 0.3 is 0 Å². The van der Waals surface area contributed by atoms with Crippen molar-refractivity contribution in [2.24, 2.45) is 11.3 Å². The molecule has 3 aromatic carbocycles. The number of hydrogen-bond donors (Lipinski definition) is 1. The number of nitrogens with zero attached hydrogens (tertiary/aromatic N) is 4. The highest BCUT2D eigenvalue weighted by atomic mass is 79.9. The highest BCUT2D eigenvalue weighted by Crippen LogP contribution is 2.53. The van der Waals surface area contributed by atoms with Crippen molar-refractivity contribution < 1.29 is 18.4 Å². The Bertz CT molecular complexity index is 2210. The topological polar surface area (TPSA) is 87.5 Å². The number of carbonyl (C=O) groups is 2. The summed E-state index contributed by atoms with van der Waals surface area (Å²) in [6.07, 6.45) is 6.87. The third kappa shape index (κ3) is 5.84. The molecular formula is C42H44BrF2N5O3. The van der Waals surface area contributed by atoms with Crippen molar-refractivity contribution in [1.82, 2.24) is 19.8 Å². The number of likely N-dealkylation sites (tertiary alicyclic amines) is 1. The Labute approximate surface area is 316 Å². The van der Waals surface area contributed by atoms with Crippen LogP contribution in [0.2, 0.25) is 0 Å². The molecule has 2 amide bonds. The van der Waals surface area contributed by atoms with Gasteiger partial charge in [-0.25, -0.2) is 8.78 Å². The first-order chi connectivity index (χ1) is 25.4. The molecule has 0 bridgehead atoms. The molecule has 1 spiro atoms. The number of amides is 2. The van der Waals surface area contributed by atoms with Crippen molar-refractivity contribution in [2.45, 2.75) is 82.5 Å². The van der Waals surface area contributed by atoms with Gasteiger partial charge in [0.2, 0.25) is 11.8 Å². The maximum absolute atomic E-state index is 15.2. The molecule has 5 heterocycles. The van der Waals surface area contributed by atoms with E-state index in [2.05, 4.69) is 72.6 Å². The van der Waals surface area contributed by atoms with E-state index in [0.29, 0.717) is 28.3 Å². The molecule has 1 aliphatic carbocycles. The minimum atomic E-state index is -0.982. The van der Waals surface area contributed by atoms with Crippen LogP contribution in [0, 0.1) is 23.0 Å². The Morgan fingerprint density at radius 2 is 1.64 bits per heavy atom. The highest BCUT2D eigenvalue weighted by Gasteiger charge is 2.46. The van der Waals surface area contributed by atoms with Crippen LogP contribution in [-0.4, -0.2) is 59.0 Å². The zero-order valence-corrected chi connectivity index (χ0v) is 31.8. The van der Waals surface area contributed by atoms with Gasteiger partial charge < -0.3 is 9.80 Å². The number of imide groups is 1. The SMILES string of the molecule is CC1(C)c2ccc(C3CCN(CC4CC5(CCN(c6cc(F)c(C7CCC(=O)NC7=O)c(F)c6)CC5)C4)CC3)cc2-n2c1nc(=O)c1c(Br)cccc12. The van der Waals surface area contributed by atoms with Crippen LogP contribution in [-0.2, 0) is 15.0 Å². The molecule has 3 saturated heterocycles. The molecule has 11 heteroatoms. The average Bonchev–Trinajstić information content (AvgIpc) is 3.34. The minimum absolute atomic E-state index is 0.0781. The number of benzene rings is 3. The number of halogens is 3. The molecule has 4 aromatic rings. The zero-order valence-electron chi connectivity index (χ0n) is 30.2. The Hall–Kier alpha value is -3.96. The van der Waals surface area contributed by atoms with Crippen LogP contribution in [0.15, 0.2) is 57.8 Å². The van der Waals surface area contributed by atoms with Crippen molar-refractivity contribution in [3.05, 3.63) is 97.5 Å². The quantitative estimate of drug-likeness (QED) is 0.212. The van der Waals surface area contributed by atoms with Gasteiger partial charge in [0.25, 0.3) is 5.56 Å². The number of carbonyl (C=O) groups excluding carboxylic acids is 2. The lowest BCUT2D eigenvalue weighted by atomic mass is 9.57. The molecule has 1 aromatic heterocycles. The van der Waals surface area contributed by atoms with Crippen LogP contribution in [0.5, 0.6) is 0 Å². The van der Waals surface area contributed by atoms with Crippen molar-refractivity contribution in [3.63, 3.8) is 0 Å². The van der Waals surface area contributed by atoms with Gasteiger partial charge in [-0.15, -0.1) is 0 Å². The first-order valence-corrected chi connectivity index (χ1v) is 19.9. The summed E-state index contributed by atoms with van der Waals surface area (Å²) in [6, 6.07) is 15.5. The van der Waals surface area contributed by atoms with Gasteiger partial charge in [-0.2, -0.15) is 4.98 Å². The van der Waals surface area contributed by atoms with Crippen LogP contribution < -0.4 is 15.8 Å². The Morgan fingerprint density at radius 3 is 2.34 bits per heavy atom. The van der Waals surface area contributed by atoms with Crippen molar-refractivity contribution in [3.8, 4) is 5.69 Å². The summed E-state index contributed by atoms with van der Waals surface area (Å²) < 4.78 is 33.4. The predicted molar refractivity (Wildman–Crippen MR) is 204 cm³/mol. The van der Waals surface area contributed by atoms with E-state index in [4.69, 9.17) is 0 Å². The van der Waals surface area contributed by atoms with Gasteiger partial charge in [-0.1, -0.05) is 18.2 Å². The molecule has 1 atom stereocenters. The molecule has 0 radical (unpaired) electrons. The lowest BCUT2D eigenvalue weighted by Gasteiger charge is -2.54. The molecule has 276 valence electrons. The second kappa shape index (κ2) is 12.8. The van der Waals surface area contributed by atoms with Crippen molar-refractivity contribution in [1.29, 1.82) is 0 Å². The van der Waals surface area contributed by atoms with E-state index < -0.39 is 29.4 Å². The monoisotopic (exact) mass is 783 g/mol. The van der Waals surface area contributed by atoms with Crippen LogP contribution >= 0.6 is 15.9 Å². The summed E-state index contributed by atoms with van der Waals surface area (Å²) in [7, 11) is 0. The maximum atomic E-state index is 15.2. The number of piperidine rings is 3. The molecule has 8 nitrogen and oxygen atoms in total. The van der Waals surface area contributed by atoms with E-state index in [1.165, 1.54) is 36.1 Å². The lowest BCUT2D eigenvalue weighted by molar-refractivity contribution is -0.134. The average molecular weight is 785 g/mol. The number of anilines is 1. The molecule has 5 aliphatic rings. The Balaban J connectivity index is 0.801. The largest absolute Gasteiger partial charge is 0.371 e. The van der Waals surface area contributed by atoms with Gasteiger partial charge in [-0.3, -0.25) is 24.3 Å². The van der Waals surface area contributed by atoms with Crippen molar-refractivity contribution in [2.75, 3.05) is 37.6 Å². The second-order valence-corrected chi connectivity index (χ2v) is 17.6. The van der Waals surface area contributed by atoms with Gasteiger partial charge in [-0.05, 0) is 147 Å². The summed E-state index contributed by atoms with van der Waals surface area (Å²) in [4.78, 5) is 46.2. The van der Waals surface area contributed by atoms with E-state index in [1.807, 2.05) is 18.2 Å². The molecule has 9 rings (SSSR count). The summed E-state index contributed by atoms with van der Waals surface area (Å²) in [5.41, 5.74) is 4.61. The second-order valence-electron chi connectivity index (χ2n) is 16.8. The van der Waals surface area contributed by atoms with Crippen LogP contribution in [0.4, 0.5) is 14.5 Å². The summed E-state index contributed by atoms with van der Waals surface area (Å²) in [6.45, 7) is 9.12. The Kier molecular flexibility index (Phi) is 8.42. The number of rotatable bonds is 5. The number of aromatic nitrogens is 2. The molecular weight excluding hydrogens is 740 g/mol. The van der Waals surface area contributed by atoms with E-state index in [9.17, 15) is 14.4 Å². The lowest BCUT2D eigenvalue weighted by Crippen LogP contribution is -2.50. The van der Waals surface area contributed by atoms with E-state index in [1.54, 1.807) is 0 Å². The molecule has 1 saturated carbocycles. The highest BCUT2D eigenvalue weighted by molar-refractivity contribution is 9.10. The minimum Gasteiger partial charge on any atom is -0.371 e. The fourth-order valence-electron chi connectivity index (χ4n) is 10.3. The van der Waals surface area contributed by atoms with Crippen LogP contribution in [0.1, 0.15) is 99.6 Å². The van der Waals surface area contributed by atoms with E-state index in [0.717, 1.165) is 79.9 Å². The first-order valence-electron chi connectivity index (χ1n) is 19.1. The molecule has 1 unspecified atom stereocenters. The van der Waals surface area contributed by atoms with Gasteiger partial charge in [0.15, 0.2) is 0 Å². The zero-order chi connectivity index (χ0) is 36.8. The Morgan fingerprint density at radius 1 is 0.925 bits per heavy atom. The smallest absolute Gasteiger partial charge is 0.281 e. The summed E-state index contributed by atoms with van der Waals surface area (Å²) in [5, 5.41) is 2.82. The third-order valence-electron chi connectivity index (χ3n) is 13.2. The molecule has 1 N–H and O–H groups in total. The standard InChI is InChI=1S/C42H44BrF2N5O3/c1-41(2)29-8-6-26(18-34(29)50-33-5-3-4-30(43)37(33)39(53)47-40(41)50)25-10-14-48(15-11-25)23-24-21-42(22-24)12-16-49(17-13-42)27-19-31(44)36(32(45)20-27)28-7-9-35(51)46-38(28)52/h3-6,8,18-20,24-25,28H,7,9-17,21-23H2,1-2H3,(H,46,51,52). The fourth-order valence-corrected chi connectivity index (χ4v) is 10.9.